The van der Waals surface area contributed by atoms with Crippen LogP contribution in [-0.4, -0.2) is 18.9 Å². The van der Waals surface area contributed by atoms with Crippen LogP contribution in [0.15, 0.2) is 65.2 Å². The number of hydrogen-bond acceptors (Lipinski definition) is 6. The summed E-state index contributed by atoms with van der Waals surface area (Å²) in [6.45, 7) is 0. The van der Waals surface area contributed by atoms with Crippen molar-refractivity contribution in [2.45, 2.75) is 4.90 Å². The Morgan fingerprint density at radius 3 is 2.44 bits per heavy atom. The van der Waals surface area contributed by atoms with Gasteiger partial charge in [-0.15, -0.1) is 0 Å². The molecule has 0 atom stereocenters. The van der Waals surface area contributed by atoms with Crippen LogP contribution in [0.4, 0.5) is 17.1 Å². The van der Waals surface area contributed by atoms with Crippen molar-refractivity contribution >= 4 is 33.1 Å². The van der Waals surface area contributed by atoms with Crippen LogP contribution in [0.25, 0.3) is 0 Å². The summed E-state index contributed by atoms with van der Waals surface area (Å²) in [7, 11) is -4.39. The lowest BCUT2D eigenvalue weighted by molar-refractivity contribution is -0.112. The molecule has 0 aliphatic carbocycles. The number of rotatable bonds is 5. The molecule has 0 radical (unpaired) electrons. The predicted octanol–water partition coefficient (Wildman–Crippen LogP) is 1.97. The third kappa shape index (κ3) is 5.07. The van der Waals surface area contributed by atoms with E-state index in [0.29, 0.717) is 11.4 Å². The van der Waals surface area contributed by atoms with E-state index in [1.807, 2.05) is 0 Å². The minimum absolute atomic E-state index is 0.119. The number of amides is 1. The largest absolute Gasteiger partial charge is 0.399 e. The molecule has 0 saturated heterocycles. The molecule has 128 valence electrons. The number of hydrogen-bond donors (Lipinski definition) is 4. The monoisotopic (exact) mass is 358 g/mol. The van der Waals surface area contributed by atoms with Gasteiger partial charge >= 0.3 is 0 Å². The summed E-state index contributed by atoms with van der Waals surface area (Å²) in [5, 5.41) is 14.3. The van der Waals surface area contributed by atoms with Crippen molar-refractivity contribution in [3.63, 3.8) is 0 Å². The number of carbonyl (C=O) groups is 1. The van der Waals surface area contributed by atoms with Gasteiger partial charge in [-0.2, -0.15) is 13.7 Å². The average molecular weight is 358 g/mol. The lowest BCUT2D eigenvalue weighted by atomic mass is 10.2. The summed E-state index contributed by atoms with van der Waals surface area (Å²) in [6, 6.07) is 13.4. The first-order valence-electron chi connectivity index (χ1n) is 6.91. The van der Waals surface area contributed by atoms with Gasteiger partial charge in [0.15, 0.2) is 0 Å². The zero-order chi connectivity index (χ0) is 18.4. The van der Waals surface area contributed by atoms with Crippen molar-refractivity contribution in [2.24, 2.45) is 0 Å². The topological polar surface area (TPSA) is 145 Å². The molecule has 0 spiro atoms. The van der Waals surface area contributed by atoms with Gasteiger partial charge in [0.2, 0.25) is 0 Å². The van der Waals surface area contributed by atoms with E-state index < -0.39 is 16.0 Å². The van der Waals surface area contributed by atoms with Crippen LogP contribution in [0.3, 0.4) is 0 Å². The van der Waals surface area contributed by atoms with Gasteiger partial charge in [-0.05, 0) is 42.5 Å². The number of nitrogens with two attached hydrogens (primary N) is 1. The Bertz CT molecular complexity index is 960. The van der Waals surface area contributed by atoms with E-state index in [4.69, 9.17) is 15.5 Å². The molecule has 0 heterocycles. The maximum atomic E-state index is 12.1. The van der Waals surface area contributed by atoms with Crippen molar-refractivity contribution in [3.8, 4) is 6.07 Å². The summed E-state index contributed by atoms with van der Waals surface area (Å²) < 4.78 is 31.2. The van der Waals surface area contributed by atoms with Crippen LogP contribution >= 0.6 is 0 Å². The summed E-state index contributed by atoms with van der Waals surface area (Å²) in [5.74, 6) is -0.738. The second-order valence-electron chi connectivity index (χ2n) is 4.89. The van der Waals surface area contributed by atoms with Crippen molar-refractivity contribution in [2.75, 3.05) is 16.4 Å². The first-order valence-corrected chi connectivity index (χ1v) is 8.35. The Morgan fingerprint density at radius 1 is 1.16 bits per heavy atom. The van der Waals surface area contributed by atoms with E-state index in [-0.39, 0.29) is 16.2 Å². The number of carbonyl (C=O) groups excluding carboxylic acids is 1. The molecular weight excluding hydrogens is 344 g/mol. The number of nitriles is 1. The van der Waals surface area contributed by atoms with Gasteiger partial charge in [0.1, 0.15) is 11.6 Å². The van der Waals surface area contributed by atoms with Gasteiger partial charge in [-0.3, -0.25) is 9.35 Å². The van der Waals surface area contributed by atoms with Gasteiger partial charge < -0.3 is 16.4 Å². The van der Waals surface area contributed by atoms with E-state index in [1.165, 1.54) is 24.4 Å². The summed E-state index contributed by atoms with van der Waals surface area (Å²) >= 11 is 0. The number of anilines is 3. The summed E-state index contributed by atoms with van der Waals surface area (Å²) in [5.41, 5.74) is 6.66. The minimum Gasteiger partial charge on any atom is -0.399 e. The van der Waals surface area contributed by atoms with Crippen LogP contribution in [0.5, 0.6) is 0 Å². The predicted molar refractivity (Wildman–Crippen MR) is 93.1 cm³/mol. The molecule has 2 aromatic carbocycles. The molecule has 0 bridgehead atoms. The van der Waals surface area contributed by atoms with E-state index in [2.05, 4.69) is 10.6 Å². The number of nitrogens with zero attached hydrogens (tertiary/aromatic N) is 1. The number of nitrogen functional groups attached to an aromatic ring is 1. The highest BCUT2D eigenvalue weighted by atomic mass is 32.2. The Balaban J connectivity index is 2.14. The molecule has 2 rings (SSSR count). The zero-order valence-corrected chi connectivity index (χ0v) is 13.6. The fourth-order valence-corrected chi connectivity index (χ4v) is 2.34. The Labute approximate surface area is 144 Å². The van der Waals surface area contributed by atoms with Crippen LogP contribution in [0.1, 0.15) is 0 Å². The molecule has 0 aliphatic heterocycles. The fourth-order valence-electron chi connectivity index (χ4n) is 1.82. The Kier molecular flexibility index (Phi) is 5.38. The first-order chi connectivity index (χ1) is 11.8. The molecule has 8 nitrogen and oxygen atoms in total. The van der Waals surface area contributed by atoms with Crippen molar-refractivity contribution in [1.82, 2.24) is 0 Å². The van der Waals surface area contributed by atoms with E-state index in [0.717, 1.165) is 6.07 Å². The number of benzene rings is 2. The Hall–Kier alpha value is -3.35. The molecule has 2 aromatic rings. The van der Waals surface area contributed by atoms with Crippen LogP contribution < -0.4 is 16.4 Å². The van der Waals surface area contributed by atoms with Crippen LogP contribution in [-0.2, 0) is 14.9 Å². The van der Waals surface area contributed by atoms with Gasteiger partial charge in [0.05, 0.1) is 4.90 Å². The van der Waals surface area contributed by atoms with E-state index in [9.17, 15) is 13.2 Å². The maximum Gasteiger partial charge on any atom is 0.294 e. The normalized spacial score (nSPS) is 11.4. The molecule has 0 saturated carbocycles. The quantitative estimate of drug-likeness (QED) is 0.277. The summed E-state index contributed by atoms with van der Waals surface area (Å²) in [6.07, 6.45) is 1.22. The van der Waals surface area contributed by atoms with Gasteiger partial charge in [0.25, 0.3) is 16.0 Å². The highest BCUT2D eigenvalue weighted by Crippen LogP contribution is 2.16. The van der Waals surface area contributed by atoms with Crippen molar-refractivity contribution in [3.05, 3.63) is 60.3 Å². The van der Waals surface area contributed by atoms with E-state index in [1.54, 1.807) is 30.3 Å². The zero-order valence-electron chi connectivity index (χ0n) is 12.8. The second kappa shape index (κ2) is 7.48. The molecule has 5 N–H and O–H groups in total. The van der Waals surface area contributed by atoms with Crippen LogP contribution in [0.2, 0.25) is 0 Å². The summed E-state index contributed by atoms with van der Waals surface area (Å²) in [4.78, 5) is 11.7. The average Bonchev–Trinajstić information content (AvgIpc) is 2.56. The SMILES string of the molecule is N#C/C(=C/Nc1ccc(N)cc1)C(=O)Nc1cccc(S(=O)(=O)O)c1. The smallest absolute Gasteiger partial charge is 0.294 e. The number of nitrogens with one attached hydrogen (secondary N) is 2. The molecule has 1 amide bonds. The van der Waals surface area contributed by atoms with Crippen LogP contribution in [0, 0.1) is 11.3 Å². The molecule has 0 aromatic heterocycles. The molecule has 9 heteroatoms. The highest BCUT2D eigenvalue weighted by Gasteiger charge is 2.13. The Morgan fingerprint density at radius 2 is 1.84 bits per heavy atom. The highest BCUT2D eigenvalue weighted by molar-refractivity contribution is 7.85. The van der Waals surface area contributed by atoms with Gasteiger partial charge in [-0.1, -0.05) is 6.07 Å². The lowest BCUT2D eigenvalue weighted by Gasteiger charge is -2.06. The third-order valence-corrected chi connectivity index (χ3v) is 3.90. The fraction of sp³-hybridized carbons (Fsp3) is 0. The molecule has 25 heavy (non-hydrogen) atoms. The molecule has 0 aliphatic rings. The molecule has 0 unspecified atom stereocenters. The van der Waals surface area contributed by atoms with E-state index >= 15 is 0 Å². The minimum atomic E-state index is -4.39. The molecule has 0 fully saturated rings. The first kappa shape index (κ1) is 18.0. The third-order valence-electron chi connectivity index (χ3n) is 3.05. The van der Waals surface area contributed by atoms with Crippen molar-refractivity contribution in [1.29, 1.82) is 5.26 Å². The van der Waals surface area contributed by atoms with Crippen molar-refractivity contribution < 1.29 is 17.8 Å². The van der Waals surface area contributed by atoms with Gasteiger partial charge in [-0.25, -0.2) is 0 Å². The second-order valence-corrected chi connectivity index (χ2v) is 6.31. The lowest BCUT2D eigenvalue weighted by Crippen LogP contribution is -2.15. The standard InChI is InChI=1S/C16H14N4O4S/c17-9-11(10-19-13-6-4-12(18)5-7-13)16(21)20-14-2-1-3-15(8-14)25(22,23)24/h1-8,10,19H,18H2,(H,20,21)(H,22,23,24)/b11-10-. The van der Waals surface area contributed by atoms with Gasteiger partial charge in [0, 0.05) is 23.3 Å². The maximum absolute atomic E-state index is 12.1. The molecular formula is C16H14N4O4S.